The van der Waals surface area contributed by atoms with Gasteiger partial charge in [-0.2, -0.15) is 0 Å². The van der Waals surface area contributed by atoms with Crippen molar-refractivity contribution in [3.63, 3.8) is 0 Å². The quantitative estimate of drug-likeness (QED) is 0.814. The first-order valence-electron chi connectivity index (χ1n) is 6.94. The van der Waals surface area contributed by atoms with E-state index in [4.69, 9.17) is 14.2 Å². The molecule has 0 spiro atoms. The molecule has 116 valence electrons. The van der Waals surface area contributed by atoms with Crippen molar-refractivity contribution in [3.05, 3.63) is 46.7 Å². The van der Waals surface area contributed by atoms with Gasteiger partial charge in [0.2, 0.25) is 0 Å². The molecule has 0 fully saturated rings. The van der Waals surface area contributed by atoms with Crippen LogP contribution in [0.3, 0.4) is 0 Å². The van der Waals surface area contributed by atoms with E-state index in [0.717, 1.165) is 15.9 Å². The fourth-order valence-corrected chi connectivity index (χ4v) is 2.57. The first kappa shape index (κ1) is 15.0. The number of anilines is 1. The van der Waals surface area contributed by atoms with Crippen LogP contribution in [-0.2, 0) is 0 Å². The summed E-state index contributed by atoms with van der Waals surface area (Å²) in [5, 5.41) is 3.22. The van der Waals surface area contributed by atoms with E-state index < -0.39 is 0 Å². The highest BCUT2D eigenvalue weighted by Gasteiger charge is 2.14. The summed E-state index contributed by atoms with van der Waals surface area (Å²) in [5.74, 6) is 1.34. The van der Waals surface area contributed by atoms with Gasteiger partial charge in [-0.05, 0) is 28.1 Å². The lowest BCUT2D eigenvalue weighted by Crippen LogP contribution is -2.16. The average Bonchev–Trinajstić information content (AvgIpc) is 2.53. The Bertz CT molecular complexity index is 666. The van der Waals surface area contributed by atoms with Crippen molar-refractivity contribution in [2.45, 2.75) is 0 Å². The van der Waals surface area contributed by atoms with E-state index in [0.29, 0.717) is 32.1 Å². The maximum atomic E-state index is 13.4. The van der Waals surface area contributed by atoms with Gasteiger partial charge in [-0.15, -0.1) is 0 Å². The average molecular weight is 368 g/mol. The van der Waals surface area contributed by atoms with Crippen LogP contribution in [0.15, 0.2) is 40.9 Å². The molecule has 22 heavy (non-hydrogen) atoms. The lowest BCUT2D eigenvalue weighted by atomic mass is 10.2. The molecule has 6 heteroatoms. The number of hydrogen-bond donors (Lipinski definition) is 1. The third-order valence-electron chi connectivity index (χ3n) is 3.14. The van der Waals surface area contributed by atoms with E-state index in [2.05, 4.69) is 21.2 Å². The topological polar surface area (TPSA) is 39.7 Å². The Morgan fingerprint density at radius 2 is 1.86 bits per heavy atom. The van der Waals surface area contributed by atoms with E-state index in [1.165, 1.54) is 6.07 Å². The SMILES string of the molecule is Fc1ccccc1OCCNc1cc2c(cc1Br)OCCO2. The fourth-order valence-electron chi connectivity index (χ4n) is 2.11. The molecule has 0 aliphatic carbocycles. The number of para-hydroxylation sites is 1. The minimum absolute atomic E-state index is 0.255. The lowest BCUT2D eigenvalue weighted by Gasteiger charge is -2.20. The van der Waals surface area contributed by atoms with Gasteiger partial charge in [-0.25, -0.2) is 4.39 Å². The van der Waals surface area contributed by atoms with Gasteiger partial charge in [0.1, 0.15) is 19.8 Å². The fraction of sp³-hybridized carbons (Fsp3) is 0.250. The summed E-state index contributed by atoms with van der Waals surface area (Å²) in [4.78, 5) is 0. The Morgan fingerprint density at radius 3 is 2.64 bits per heavy atom. The molecular weight excluding hydrogens is 353 g/mol. The predicted octanol–water partition coefficient (Wildman–Crippen LogP) is 3.85. The summed E-state index contributed by atoms with van der Waals surface area (Å²) >= 11 is 3.49. The first-order chi connectivity index (χ1) is 10.7. The van der Waals surface area contributed by atoms with Gasteiger partial charge < -0.3 is 19.5 Å². The highest BCUT2D eigenvalue weighted by molar-refractivity contribution is 9.10. The highest BCUT2D eigenvalue weighted by Crippen LogP contribution is 2.38. The number of fused-ring (bicyclic) bond motifs is 1. The van der Waals surface area contributed by atoms with Gasteiger partial charge >= 0.3 is 0 Å². The summed E-state index contributed by atoms with van der Waals surface area (Å²) in [6, 6.07) is 10.1. The van der Waals surface area contributed by atoms with Crippen LogP contribution in [0.5, 0.6) is 17.2 Å². The molecule has 2 aromatic carbocycles. The molecular formula is C16H15BrFNO3. The molecule has 0 saturated heterocycles. The number of nitrogens with one attached hydrogen (secondary N) is 1. The van der Waals surface area contributed by atoms with Crippen molar-refractivity contribution in [2.24, 2.45) is 0 Å². The lowest BCUT2D eigenvalue weighted by molar-refractivity contribution is 0.171. The second-order valence-corrected chi connectivity index (χ2v) is 5.54. The van der Waals surface area contributed by atoms with Crippen LogP contribution >= 0.6 is 15.9 Å². The Balaban J connectivity index is 1.57. The summed E-state index contributed by atoms with van der Waals surface area (Å²) in [5.41, 5.74) is 0.876. The van der Waals surface area contributed by atoms with E-state index >= 15 is 0 Å². The van der Waals surface area contributed by atoms with Gasteiger partial charge in [0, 0.05) is 23.2 Å². The number of ether oxygens (including phenoxy) is 3. The van der Waals surface area contributed by atoms with Crippen molar-refractivity contribution in [3.8, 4) is 17.2 Å². The van der Waals surface area contributed by atoms with E-state index in [1.807, 2.05) is 12.1 Å². The Labute approximate surface area is 136 Å². The molecule has 0 bridgehead atoms. The van der Waals surface area contributed by atoms with Crippen molar-refractivity contribution in [2.75, 3.05) is 31.7 Å². The molecule has 1 heterocycles. The smallest absolute Gasteiger partial charge is 0.165 e. The molecule has 0 amide bonds. The number of rotatable bonds is 5. The zero-order valence-corrected chi connectivity index (χ0v) is 13.4. The number of hydrogen-bond acceptors (Lipinski definition) is 4. The Morgan fingerprint density at radius 1 is 1.14 bits per heavy atom. The Kier molecular flexibility index (Phi) is 4.68. The minimum atomic E-state index is -0.358. The molecule has 0 saturated carbocycles. The van der Waals surface area contributed by atoms with Gasteiger partial charge in [-0.3, -0.25) is 0 Å². The predicted molar refractivity (Wildman–Crippen MR) is 85.5 cm³/mol. The van der Waals surface area contributed by atoms with Crippen LogP contribution in [-0.4, -0.2) is 26.4 Å². The van der Waals surface area contributed by atoms with Crippen LogP contribution in [0.1, 0.15) is 0 Å². The molecule has 3 rings (SSSR count). The molecule has 4 nitrogen and oxygen atoms in total. The van der Waals surface area contributed by atoms with Crippen LogP contribution < -0.4 is 19.5 Å². The summed E-state index contributed by atoms with van der Waals surface area (Å²) in [7, 11) is 0. The molecule has 0 unspecified atom stereocenters. The zero-order valence-electron chi connectivity index (χ0n) is 11.8. The van der Waals surface area contributed by atoms with Crippen LogP contribution in [0, 0.1) is 5.82 Å². The second-order valence-electron chi connectivity index (χ2n) is 4.68. The second kappa shape index (κ2) is 6.87. The first-order valence-corrected chi connectivity index (χ1v) is 7.73. The molecule has 1 N–H and O–H groups in total. The maximum Gasteiger partial charge on any atom is 0.165 e. The highest BCUT2D eigenvalue weighted by atomic mass is 79.9. The maximum absolute atomic E-state index is 13.4. The molecule has 2 aromatic rings. The van der Waals surface area contributed by atoms with Crippen molar-refractivity contribution in [1.29, 1.82) is 0 Å². The van der Waals surface area contributed by atoms with Crippen molar-refractivity contribution >= 4 is 21.6 Å². The third kappa shape index (κ3) is 3.44. The zero-order chi connectivity index (χ0) is 15.4. The van der Waals surface area contributed by atoms with Crippen LogP contribution in [0.2, 0.25) is 0 Å². The van der Waals surface area contributed by atoms with E-state index in [1.54, 1.807) is 18.2 Å². The van der Waals surface area contributed by atoms with Crippen LogP contribution in [0.4, 0.5) is 10.1 Å². The molecule has 0 radical (unpaired) electrons. The number of halogens is 2. The normalized spacial score (nSPS) is 12.8. The van der Waals surface area contributed by atoms with Crippen molar-refractivity contribution in [1.82, 2.24) is 0 Å². The standard InChI is InChI=1S/C16H15BrFNO3/c17-11-9-15-16(22-8-7-21-15)10-13(11)19-5-6-20-14-4-2-1-3-12(14)18/h1-4,9-10,19H,5-8H2. The molecule has 0 aromatic heterocycles. The molecule has 1 aliphatic heterocycles. The largest absolute Gasteiger partial charge is 0.489 e. The summed E-state index contributed by atoms with van der Waals surface area (Å²) in [6.07, 6.45) is 0. The van der Waals surface area contributed by atoms with E-state index in [9.17, 15) is 4.39 Å². The monoisotopic (exact) mass is 367 g/mol. The van der Waals surface area contributed by atoms with Gasteiger partial charge in [0.15, 0.2) is 23.1 Å². The molecule has 1 aliphatic rings. The molecule has 0 atom stereocenters. The van der Waals surface area contributed by atoms with Crippen molar-refractivity contribution < 1.29 is 18.6 Å². The van der Waals surface area contributed by atoms with E-state index in [-0.39, 0.29) is 11.6 Å². The van der Waals surface area contributed by atoms with Gasteiger partial charge in [-0.1, -0.05) is 12.1 Å². The number of benzene rings is 2. The van der Waals surface area contributed by atoms with Gasteiger partial charge in [0.05, 0.1) is 5.69 Å². The van der Waals surface area contributed by atoms with Gasteiger partial charge in [0.25, 0.3) is 0 Å². The third-order valence-corrected chi connectivity index (χ3v) is 3.80. The summed E-state index contributed by atoms with van der Waals surface area (Å²) < 4.78 is 30.7. The Hall–Kier alpha value is -1.95. The summed E-state index contributed by atoms with van der Waals surface area (Å²) in [6.45, 7) is 1.99. The minimum Gasteiger partial charge on any atom is -0.489 e. The van der Waals surface area contributed by atoms with Crippen LogP contribution in [0.25, 0.3) is 0 Å².